The van der Waals surface area contributed by atoms with E-state index in [4.69, 9.17) is 0 Å². The number of aromatic nitrogens is 1. The van der Waals surface area contributed by atoms with E-state index in [-0.39, 0.29) is 5.82 Å². The van der Waals surface area contributed by atoms with Gasteiger partial charge in [0.05, 0.1) is 6.20 Å². The van der Waals surface area contributed by atoms with Crippen molar-refractivity contribution in [1.29, 1.82) is 0 Å². The van der Waals surface area contributed by atoms with E-state index in [1.165, 1.54) is 31.5 Å². The summed E-state index contributed by atoms with van der Waals surface area (Å²) in [5.41, 5.74) is 0. The normalized spacial score (nSPS) is 33.9. The first kappa shape index (κ1) is 8.21. The van der Waals surface area contributed by atoms with Gasteiger partial charge in [0.25, 0.3) is 0 Å². The summed E-state index contributed by atoms with van der Waals surface area (Å²) >= 11 is 0. The maximum absolute atomic E-state index is 12.6. The summed E-state index contributed by atoms with van der Waals surface area (Å²) in [6, 6.07) is 3.72. The van der Waals surface area contributed by atoms with Gasteiger partial charge in [-0.05, 0) is 43.2 Å². The molecular formula is C11H13FN2. The molecule has 1 aromatic rings. The average Bonchev–Trinajstić information content (AvgIpc) is 2.79. The third-order valence-corrected chi connectivity index (χ3v) is 3.32. The van der Waals surface area contributed by atoms with E-state index >= 15 is 0 Å². The minimum absolute atomic E-state index is 0.273. The van der Waals surface area contributed by atoms with Gasteiger partial charge in [0.15, 0.2) is 0 Å². The quantitative estimate of drug-likeness (QED) is 0.778. The molecule has 2 saturated carbocycles. The molecule has 0 bridgehead atoms. The molecule has 14 heavy (non-hydrogen) atoms. The largest absolute Gasteiger partial charge is 0.367 e. The van der Waals surface area contributed by atoms with Crippen LogP contribution in [0.3, 0.4) is 0 Å². The lowest BCUT2D eigenvalue weighted by Gasteiger charge is -2.14. The number of nitrogens with one attached hydrogen (secondary N) is 1. The summed E-state index contributed by atoms with van der Waals surface area (Å²) in [6.07, 6.45) is 5.22. The molecule has 3 heteroatoms. The molecule has 2 unspecified atom stereocenters. The second kappa shape index (κ2) is 2.94. The van der Waals surface area contributed by atoms with Crippen LogP contribution in [0.5, 0.6) is 0 Å². The van der Waals surface area contributed by atoms with E-state index in [9.17, 15) is 4.39 Å². The Labute approximate surface area is 82.5 Å². The average molecular weight is 192 g/mol. The fraction of sp³-hybridized carbons (Fsp3) is 0.545. The second-order valence-electron chi connectivity index (χ2n) is 4.43. The number of hydrogen-bond donors (Lipinski definition) is 1. The first-order valence-electron chi connectivity index (χ1n) is 5.19. The van der Waals surface area contributed by atoms with Crippen LogP contribution in [0.4, 0.5) is 10.2 Å². The standard InChI is InChI=1S/C11H13FN2/c12-9-1-2-11(13-6-9)14-10-4-7-3-8(7)5-10/h1-2,6-8,10H,3-5H2,(H,13,14). The summed E-state index contributed by atoms with van der Waals surface area (Å²) in [7, 11) is 0. The van der Waals surface area contributed by atoms with E-state index < -0.39 is 0 Å². The van der Waals surface area contributed by atoms with Gasteiger partial charge in [-0.1, -0.05) is 0 Å². The molecule has 2 nitrogen and oxygen atoms in total. The Balaban J connectivity index is 1.64. The molecule has 2 aliphatic carbocycles. The molecular weight excluding hydrogens is 179 g/mol. The molecule has 0 spiro atoms. The minimum atomic E-state index is -0.273. The molecule has 2 fully saturated rings. The molecule has 0 aromatic carbocycles. The van der Waals surface area contributed by atoms with Crippen LogP contribution in [0.1, 0.15) is 19.3 Å². The van der Waals surface area contributed by atoms with Crippen LogP contribution in [0, 0.1) is 17.7 Å². The number of halogens is 1. The number of fused-ring (bicyclic) bond motifs is 1. The van der Waals surface area contributed by atoms with Gasteiger partial charge < -0.3 is 5.32 Å². The van der Waals surface area contributed by atoms with Crippen molar-refractivity contribution in [2.75, 3.05) is 5.32 Å². The fourth-order valence-electron chi connectivity index (χ4n) is 2.50. The molecule has 1 aromatic heterocycles. The van der Waals surface area contributed by atoms with Crippen LogP contribution in [0.2, 0.25) is 0 Å². The Hall–Kier alpha value is -1.12. The van der Waals surface area contributed by atoms with Gasteiger partial charge in [-0.2, -0.15) is 0 Å². The predicted octanol–water partition coefficient (Wildman–Crippen LogP) is 2.43. The zero-order valence-corrected chi connectivity index (χ0v) is 7.91. The van der Waals surface area contributed by atoms with Crippen molar-refractivity contribution < 1.29 is 4.39 Å². The molecule has 1 N–H and O–H groups in total. The lowest BCUT2D eigenvalue weighted by molar-refractivity contribution is 0.618. The van der Waals surface area contributed by atoms with E-state index in [1.807, 2.05) is 0 Å². The van der Waals surface area contributed by atoms with Crippen molar-refractivity contribution in [3.8, 4) is 0 Å². The smallest absolute Gasteiger partial charge is 0.141 e. The highest BCUT2D eigenvalue weighted by Crippen LogP contribution is 2.52. The highest BCUT2D eigenvalue weighted by molar-refractivity contribution is 5.35. The zero-order chi connectivity index (χ0) is 9.54. The van der Waals surface area contributed by atoms with Gasteiger partial charge in [-0.3, -0.25) is 0 Å². The first-order valence-corrected chi connectivity index (χ1v) is 5.19. The van der Waals surface area contributed by atoms with Crippen molar-refractivity contribution in [2.45, 2.75) is 25.3 Å². The maximum atomic E-state index is 12.6. The van der Waals surface area contributed by atoms with Crippen molar-refractivity contribution in [2.24, 2.45) is 11.8 Å². The summed E-state index contributed by atoms with van der Waals surface area (Å²) in [5, 5.41) is 3.35. The summed E-state index contributed by atoms with van der Waals surface area (Å²) in [5.74, 6) is 2.46. The fourth-order valence-corrected chi connectivity index (χ4v) is 2.50. The molecule has 0 aliphatic heterocycles. The Kier molecular flexibility index (Phi) is 1.72. The van der Waals surface area contributed by atoms with Crippen molar-refractivity contribution in [3.05, 3.63) is 24.1 Å². The van der Waals surface area contributed by atoms with Gasteiger partial charge in [0.1, 0.15) is 11.6 Å². The Morgan fingerprint density at radius 1 is 1.21 bits per heavy atom. The molecule has 0 radical (unpaired) electrons. The third kappa shape index (κ3) is 1.47. The Bertz CT molecular complexity index is 326. The second-order valence-corrected chi connectivity index (χ2v) is 4.43. The number of rotatable bonds is 2. The number of nitrogens with zero attached hydrogens (tertiary/aromatic N) is 1. The molecule has 2 aliphatic rings. The van der Waals surface area contributed by atoms with Gasteiger partial charge in [-0.25, -0.2) is 9.37 Å². The van der Waals surface area contributed by atoms with Crippen molar-refractivity contribution in [3.63, 3.8) is 0 Å². The predicted molar refractivity (Wildman–Crippen MR) is 52.4 cm³/mol. The van der Waals surface area contributed by atoms with E-state index in [0.717, 1.165) is 17.7 Å². The van der Waals surface area contributed by atoms with Gasteiger partial charge in [0, 0.05) is 6.04 Å². The molecule has 0 amide bonds. The monoisotopic (exact) mass is 192 g/mol. The van der Waals surface area contributed by atoms with Crippen molar-refractivity contribution in [1.82, 2.24) is 4.98 Å². The van der Waals surface area contributed by atoms with E-state index in [2.05, 4.69) is 10.3 Å². The van der Waals surface area contributed by atoms with Gasteiger partial charge in [0.2, 0.25) is 0 Å². The lowest BCUT2D eigenvalue weighted by Crippen LogP contribution is -2.17. The van der Waals surface area contributed by atoms with Crippen LogP contribution >= 0.6 is 0 Å². The molecule has 3 rings (SSSR count). The Morgan fingerprint density at radius 3 is 2.64 bits per heavy atom. The molecule has 74 valence electrons. The van der Waals surface area contributed by atoms with Gasteiger partial charge >= 0.3 is 0 Å². The SMILES string of the molecule is Fc1ccc(NC2CC3CC3C2)nc1. The summed E-state index contributed by atoms with van der Waals surface area (Å²) < 4.78 is 12.6. The number of pyridine rings is 1. The highest BCUT2D eigenvalue weighted by Gasteiger charge is 2.45. The number of anilines is 1. The van der Waals surface area contributed by atoms with Crippen molar-refractivity contribution >= 4 is 5.82 Å². The van der Waals surface area contributed by atoms with Crippen LogP contribution in [0.15, 0.2) is 18.3 Å². The van der Waals surface area contributed by atoms with Gasteiger partial charge in [-0.15, -0.1) is 0 Å². The molecule has 0 saturated heterocycles. The minimum Gasteiger partial charge on any atom is -0.367 e. The lowest BCUT2D eigenvalue weighted by atomic mass is 10.1. The Morgan fingerprint density at radius 2 is 2.00 bits per heavy atom. The first-order chi connectivity index (χ1) is 6.81. The topological polar surface area (TPSA) is 24.9 Å². The molecule has 1 heterocycles. The summed E-state index contributed by atoms with van der Waals surface area (Å²) in [6.45, 7) is 0. The van der Waals surface area contributed by atoms with E-state index in [1.54, 1.807) is 6.07 Å². The maximum Gasteiger partial charge on any atom is 0.141 e. The highest BCUT2D eigenvalue weighted by atomic mass is 19.1. The van der Waals surface area contributed by atoms with Crippen LogP contribution in [-0.2, 0) is 0 Å². The number of hydrogen-bond acceptors (Lipinski definition) is 2. The van der Waals surface area contributed by atoms with E-state index in [0.29, 0.717) is 6.04 Å². The third-order valence-electron chi connectivity index (χ3n) is 3.32. The van der Waals surface area contributed by atoms with Crippen LogP contribution in [-0.4, -0.2) is 11.0 Å². The summed E-state index contributed by atoms with van der Waals surface area (Å²) in [4.78, 5) is 4.00. The van der Waals surface area contributed by atoms with Crippen LogP contribution < -0.4 is 5.32 Å². The van der Waals surface area contributed by atoms with Crippen LogP contribution in [0.25, 0.3) is 0 Å². The molecule has 2 atom stereocenters. The zero-order valence-electron chi connectivity index (χ0n) is 7.91.